The van der Waals surface area contributed by atoms with E-state index in [2.05, 4.69) is 57.1 Å². The molecule has 4 N–H and O–H groups in total. The maximum atomic E-state index is 12.7. The number of aliphatic hydroxyl groups is 1. The summed E-state index contributed by atoms with van der Waals surface area (Å²) in [5.41, 5.74) is -0.227. The highest BCUT2D eigenvalue weighted by Crippen LogP contribution is 2.25. The molecule has 9 heteroatoms. The normalized spacial score (nSPS) is 13.9. The first-order chi connectivity index (χ1) is 18.8. The van der Waals surface area contributed by atoms with Crippen LogP contribution in [0.2, 0.25) is 0 Å². The van der Waals surface area contributed by atoms with Gasteiger partial charge in [-0.25, -0.2) is 0 Å². The number of carbonyl (C=O) groups is 4. The average molecular weight is 575 g/mol. The molecule has 3 amide bonds. The van der Waals surface area contributed by atoms with E-state index in [1.807, 2.05) is 34.6 Å². The summed E-state index contributed by atoms with van der Waals surface area (Å²) in [5.74, 6) is 0.553. The number of ketones is 1. The molecule has 1 aliphatic heterocycles. The van der Waals surface area contributed by atoms with E-state index in [-0.39, 0.29) is 35.6 Å². The van der Waals surface area contributed by atoms with Crippen LogP contribution in [0.4, 0.5) is 0 Å². The smallest absolute Gasteiger partial charge is 0.243 e. The Hall–Kier alpha value is -2.26. The van der Waals surface area contributed by atoms with Crippen molar-refractivity contribution in [3.8, 4) is 0 Å². The third kappa shape index (κ3) is 27.3. The number of nitrogens with zero attached hydrogens (tertiary/aromatic N) is 1. The van der Waals surface area contributed by atoms with Crippen LogP contribution in [0.15, 0.2) is 12.7 Å². The molecule has 0 aromatic carbocycles. The van der Waals surface area contributed by atoms with Crippen LogP contribution in [0.5, 0.6) is 0 Å². The van der Waals surface area contributed by atoms with E-state index in [1.54, 1.807) is 18.0 Å². The number of rotatable bonds is 10. The summed E-state index contributed by atoms with van der Waals surface area (Å²) in [4.78, 5) is 46.8. The van der Waals surface area contributed by atoms with Gasteiger partial charge in [0.25, 0.3) is 0 Å². The second-order valence-corrected chi connectivity index (χ2v) is 10.1. The number of hydrogen-bond acceptors (Lipinski definition) is 6. The fraction of sp³-hybridized carbons (Fsp3) is 0.806. The standard InChI is InChI=1S/C15H27N3O3.C6H14.C4H7NO.C3H8.C2H6.CH4O/c1-10(19)9-17-13(20)11-7-6-8-18(11)14(21)12(16-5)15(2,3)4;1-4-6(3)5-2;1-2-3-5-4-6;1-3-2;2*1-2/h11-12,16H,6-9H2,1-5H3,(H,17,20);6H,4-5H2,1-3H3;2,4H,1,3H2,(H,5,6);3H2,1-2H3;1-2H3;2H,1H3. The summed E-state index contributed by atoms with van der Waals surface area (Å²) in [6, 6.07) is -0.797. The molecule has 9 nitrogen and oxygen atoms in total. The number of likely N-dealkylation sites (N-methyl/N-ethyl adjacent to an activating group) is 1. The summed E-state index contributed by atoms with van der Waals surface area (Å²) >= 11 is 0. The van der Waals surface area contributed by atoms with Gasteiger partial charge in [0.1, 0.15) is 11.8 Å². The topological polar surface area (TPSA) is 128 Å². The first-order valence-electron chi connectivity index (χ1n) is 14.8. The molecule has 0 spiro atoms. The lowest BCUT2D eigenvalue weighted by molar-refractivity contribution is -0.142. The van der Waals surface area contributed by atoms with E-state index >= 15 is 0 Å². The lowest BCUT2D eigenvalue weighted by Crippen LogP contribution is -2.56. The van der Waals surface area contributed by atoms with Crippen molar-refractivity contribution in [2.75, 3.05) is 33.8 Å². The van der Waals surface area contributed by atoms with Gasteiger partial charge in [-0.3, -0.25) is 19.2 Å². The number of amides is 3. The van der Waals surface area contributed by atoms with Gasteiger partial charge in [-0.2, -0.15) is 0 Å². The van der Waals surface area contributed by atoms with Crippen LogP contribution < -0.4 is 16.0 Å². The van der Waals surface area contributed by atoms with Crippen LogP contribution in [0.25, 0.3) is 0 Å². The van der Waals surface area contributed by atoms with Gasteiger partial charge in [0.15, 0.2) is 0 Å². The zero-order valence-corrected chi connectivity index (χ0v) is 28.3. The predicted octanol–water partition coefficient (Wildman–Crippen LogP) is 4.73. The highest BCUT2D eigenvalue weighted by atomic mass is 16.2. The largest absolute Gasteiger partial charge is 0.400 e. The van der Waals surface area contributed by atoms with E-state index in [0.717, 1.165) is 19.4 Å². The van der Waals surface area contributed by atoms with Gasteiger partial charge < -0.3 is 26.0 Å². The summed E-state index contributed by atoms with van der Waals surface area (Å²) in [6.07, 6.45) is 7.63. The number of aliphatic hydroxyl groups excluding tert-OH is 1. The molecule has 240 valence electrons. The van der Waals surface area contributed by atoms with Crippen LogP contribution in [0, 0.1) is 11.3 Å². The molecule has 1 aliphatic rings. The lowest BCUT2D eigenvalue weighted by Gasteiger charge is -2.34. The van der Waals surface area contributed by atoms with Crippen molar-refractivity contribution in [3.63, 3.8) is 0 Å². The highest BCUT2D eigenvalue weighted by Gasteiger charge is 2.40. The number of likely N-dealkylation sites (tertiary alicyclic amines) is 1. The molecule has 0 aliphatic carbocycles. The number of carbonyl (C=O) groups excluding carboxylic acids is 4. The van der Waals surface area contributed by atoms with Crippen LogP contribution >= 0.6 is 0 Å². The van der Waals surface area contributed by atoms with Crippen LogP contribution in [0.1, 0.15) is 108 Å². The molecule has 2 atom stereocenters. The quantitative estimate of drug-likeness (QED) is 0.170. The van der Waals surface area contributed by atoms with Crippen molar-refractivity contribution >= 4 is 24.0 Å². The van der Waals surface area contributed by atoms with Crippen molar-refractivity contribution in [2.24, 2.45) is 11.3 Å². The summed E-state index contributed by atoms with van der Waals surface area (Å²) in [5, 5.41) is 15.1. The van der Waals surface area contributed by atoms with Crippen molar-refractivity contribution in [1.82, 2.24) is 20.9 Å². The minimum atomic E-state index is -0.463. The molecule has 1 heterocycles. The lowest BCUT2D eigenvalue weighted by atomic mass is 9.86. The second kappa shape index (κ2) is 32.9. The monoisotopic (exact) mass is 575 g/mol. The highest BCUT2D eigenvalue weighted by molar-refractivity contribution is 5.92. The summed E-state index contributed by atoms with van der Waals surface area (Å²) in [6.45, 7) is 26.9. The van der Waals surface area contributed by atoms with Gasteiger partial charge in [0.2, 0.25) is 18.2 Å². The molecular formula is C31H66N4O5. The average Bonchev–Trinajstić information content (AvgIpc) is 3.43. The van der Waals surface area contributed by atoms with Crippen LogP contribution in [0.3, 0.4) is 0 Å². The zero-order valence-electron chi connectivity index (χ0n) is 28.3. The Labute approximate surface area is 247 Å². The SMILES string of the molecule is C=CCNC=O.CC.CCC.CCC(C)CC.CNC(C(=O)N1CCCC1C(=O)NCC(C)=O)C(C)(C)C.CO. The zero-order chi connectivity index (χ0) is 32.7. The van der Waals surface area contributed by atoms with Crippen molar-refractivity contribution < 1.29 is 24.3 Å². The third-order valence-corrected chi connectivity index (χ3v) is 5.49. The number of nitrogens with one attached hydrogen (secondary N) is 3. The van der Waals surface area contributed by atoms with Crippen molar-refractivity contribution in [2.45, 2.75) is 120 Å². The van der Waals surface area contributed by atoms with Crippen LogP contribution in [-0.4, -0.2) is 79.9 Å². The summed E-state index contributed by atoms with van der Waals surface area (Å²) < 4.78 is 0. The maximum absolute atomic E-state index is 12.7. The Balaban J connectivity index is -0.000000176. The molecular weight excluding hydrogens is 508 g/mol. The number of hydrogen-bond donors (Lipinski definition) is 4. The van der Waals surface area contributed by atoms with E-state index in [9.17, 15) is 19.2 Å². The van der Waals surface area contributed by atoms with E-state index in [4.69, 9.17) is 5.11 Å². The molecule has 0 aromatic rings. The van der Waals surface area contributed by atoms with E-state index in [1.165, 1.54) is 26.2 Å². The van der Waals surface area contributed by atoms with Gasteiger partial charge in [0, 0.05) is 20.2 Å². The van der Waals surface area contributed by atoms with Gasteiger partial charge in [-0.05, 0) is 38.1 Å². The predicted molar refractivity (Wildman–Crippen MR) is 170 cm³/mol. The molecule has 0 aromatic heterocycles. The molecule has 0 radical (unpaired) electrons. The molecule has 1 rings (SSSR count). The fourth-order valence-corrected chi connectivity index (χ4v) is 3.15. The van der Waals surface area contributed by atoms with Gasteiger partial charge >= 0.3 is 0 Å². The molecule has 0 saturated carbocycles. The molecule has 1 fully saturated rings. The van der Waals surface area contributed by atoms with E-state index < -0.39 is 6.04 Å². The second-order valence-electron chi connectivity index (χ2n) is 10.1. The maximum Gasteiger partial charge on any atom is 0.243 e. The number of Topliss-reactive ketones (excluding diaryl/α,β-unsaturated/α-hetero) is 1. The Morgan fingerprint density at radius 1 is 1.07 bits per heavy atom. The summed E-state index contributed by atoms with van der Waals surface area (Å²) in [7, 11) is 2.76. The first-order valence-corrected chi connectivity index (χ1v) is 14.8. The fourth-order valence-electron chi connectivity index (χ4n) is 3.15. The molecule has 2 unspecified atom stereocenters. The third-order valence-electron chi connectivity index (χ3n) is 5.49. The van der Waals surface area contributed by atoms with Gasteiger partial charge in [-0.15, -0.1) is 6.58 Å². The van der Waals surface area contributed by atoms with Crippen LogP contribution in [-0.2, 0) is 19.2 Å². The molecule has 40 heavy (non-hydrogen) atoms. The van der Waals surface area contributed by atoms with E-state index in [0.29, 0.717) is 25.9 Å². The minimum absolute atomic E-state index is 0.0199. The Morgan fingerprint density at radius 3 is 1.82 bits per heavy atom. The first kappa shape index (κ1) is 47.5. The van der Waals surface area contributed by atoms with Gasteiger partial charge in [-0.1, -0.05) is 94.6 Å². The minimum Gasteiger partial charge on any atom is -0.400 e. The molecule has 1 saturated heterocycles. The Morgan fingerprint density at radius 2 is 1.55 bits per heavy atom. The van der Waals surface area contributed by atoms with Gasteiger partial charge in [0.05, 0.1) is 12.6 Å². The Bertz CT molecular complexity index is 609. The molecule has 0 bridgehead atoms. The Kier molecular flexibility index (Phi) is 39.1. The van der Waals surface area contributed by atoms with Crippen molar-refractivity contribution in [1.29, 1.82) is 0 Å². The van der Waals surface area contributed by atoms with Crippen molar-refractivity contribution in [3.05, 3.63) is 12.7 Å².